The van der Waals surface area contributed by atoms with Crippen LogP contribution in [0.15, 0.2) is 29.6 Å². The molecule has 10 nitrogen and oxygen atoms in total. The van der Waals surface area contributed by atoms with E-state index in [1.165, 1.54) is 23.3 Å². The Kier molecular flexibility index (Phi) is 9.16. The van der Waals surface area contributed by atoms with Gasteiger partial charge in [0.15, 0.2) is 5.13 Å². The summed E-state index contributed by atoms with van der Waals surface area (Å²) >= 11 is 1.24. The maximum atomic E-state index is 12.9. The molecule has 2 aromatic rings. The topological polar surface area (TPSA) is 110 Å². The Bertz CT molecular complexity index is 943. The summed E-state index contributed by atoms with van der Waals surface area (Å²) < 4.78 is 15.5. The molecule has 2 heterocycles. The second kappa shape index (κ2) is 12.3. The number of methoxy groups -OCH3 is 2. The second-order valence-corrected chi connectivity index (χ2v) is 8.17. The first kappa shape index (κ1) is 24.6. The number of carbonyl (C=O) groups excluding carboxylic acids is 3. The van der Waals surface area contributed by atoms with Crippen LogP contribution in [0, 0.1) is 0 Å². The molecule has 0 bridgehead atoms. The highest BCUT2D eigenvalue weighted by Crippen LogP contribution is 2.17. The number of nitrogens with zero attached hydrogens (tertiary/aromatic N) is 3. The minimum absolute atomic E-state index is 0.0164. The van der Waals surface area contributed by atoms with E-state index in [2.05, 4.69) is 10.3 Å². The number of ether oxygens (including phenoxy) is 3. The average Bonchev–Trinajstić information content (AvgIpc) is 3.28. The normalized spacial score (nSPS) is 13.5. The Hall–Kier alpha value is -3.02. The molecule has 3 amide bonds. The van der Waals surface area contributed by atoms with Gasteiger partial charge in [0.1, 0.15) is 12.3 Å². The van der Waals surface area contributed by atoms with Crippen molar-refractivity contribution in [2.45, 2.75) is 6.42 Å². The van der Waals surface area contributed by atoms with Crippen LogP contribution in [0.25, 0.3) is 0 Å². The Morgan fingerprint density at radius 2 is 1.91 bits per heavy atom. The molecule has 1 saturated heterocycles. The fourth-order valence-electron chi connectivity index (χ4n) is 3.23. The summed E-state index contributed by atoms with van der Waals surface area (Å²) in [5, 5.41) is 4.85. The largest absolute Gasteiger partial charge is 0.497 e. The van der Waals surface area contributed by atoms with Crippen LogP contribution < -0.4 is 10.1 Å². The number of carbonyl (C=O) groups is 3. The number of thiazole rings is 1. The number of nitrogens with one attached hydrogen (secondary N) is 1. The van der Waals surface area contributed by atoms with Gasteiger partial charge in [-0.25, -0.2) is 4.98 Å². The third-order valence-electron chi connectivity index (χ3n) is 5.02. The summed E-state index contributed by atoms with van der Waals surface area (Å²) in [7, 11) is 3.08. The van der Waals surface area contributed by atoms with Crippen LogP contribution in [0.3, 0.4) is 0 Å². The molecule has 1 fully saturated rings. The molecule has 1 aliphatic rings. The third-order valence-corrected chi connectivity index (χ3v) is 5.82. The van der Waals surface area contributed by atoms with Crippen molar-refractivity contribution in [1.29, 1.82) is 0 Å². The number of hydrogen-bond acceptors (Lipinski definition) is 8. The van der Waals surface area contributed by atoms with E-state index < -0.39 is 0 Å². The molecule has 1 aliphatic heterocycles. The minimum atomic E-state index is -0.381. The van der Waals surface area contributed by atoms with Gasteiger partial charge in [-0.2, -0.15) is 0 Å². The molecule has 0 saturated carbocycles. The lowest BCUT2D eigenvalue weighted by molar-refractivity contribution is -0.134. The van der Waals surface area contributed by atoms with E-state index in [1.807, 2.05) is 0 Å². The van der Waals surface area contributed by atoms with E-state index in [0.717, 1.165) is 0 Å². The lowest BCUT2D eigenvalue weighted by Gasteiger charge is -2.26. The van der Waals surface area contributed by atoms with Gasteiger partial charge in [-0.1, -0.05) is 0 Å². The monoisotopic (exact) mass is 476 g/mol. The van der Waals surface area contributed by atoms with Crippen LogP contribution in [0.1, 0.15) is 16.1 Å². The van der Waals surface area contributed by atoms with Crippen LogP contribution in [0.2, 0.25) is 0 Å². The third kappa shape index (κ3) is 7.24. The van der Waals surface area contributed by atoms with E-state index in [0.29, 0.717) is 55.0 Å². The molecule has 0 unspecified atom stereocenters. The SMILES string of the molecule is COCCN(CC(=O)Nc1nc(CC(=O)N2CCOCC2)cs1)C(=O)c1ccc(OC)cc1. The van der Waals surface area contributed by atoms with Crippen molar-refractivity contribution in [3.63, 3.8) is 0 Å². The summed E-state index contributed by atoms with van der Waals surface area (Å²) in [5.41, 5.74) is 1.04. The van der Waals surface area contributed by atoms with Crippen LogP contribution in [0.4, 0.5) is 5.13 Å². The number of anilines is 1. The van der Waals surface area contributed by atoms with Crippen molar-refractivity contribution in [2.75, 3.05) is 65.5 Å². The fraction of sp³-hybridized carbons (Fsp3) is 0.455. The molecule has 0 atom stereocenters. The summed E-state index contributed by atoms with van der Waals surface area (Å²) in [4.78, 5) is 45.4. The average molecular weight is 477 g/mol. The number of hydrogen-bond donors (Lipinski definition) is 1. The van der Waals surface area contributed by atoms with E-state index in [4.69, 9.17) is 14.2 Å². The maximum absolute atomic E-state index is 12.9. The molecule has 1 N–H and O–H groups in total. The predicted molar refractivity (Wildman–Crippen MR) is 123 cm³/mol. The van der Waals surface area contributed by atoms with E-state index in [-0.39, 0.29) is 37.2 Å². The second-order valence-electron chi connectivity index (χ2n) is 7.31. The molecule has 11 heteroatoms. The van der Waals surface area contributed by atoms with Gasteiger partial charge in [0.25, 0.3) is 5.91 Å². The van der Waals surface area contributed by atoms with E-state index in [9.17, 15) is 14.4 Å². The zero-order valence-corrected chi connectivity index (χ0v) is 19.6. The molecule has 178 valence electrons. The van der Waals surface area contributed by atoms with Crippen molar-refractivity contribution in [3.05, 3.63) is 40.9 Å². The van der Waals surface area contributed by atoms with Gasteiger partial charge in [0.05, 0.1) is 39.0 Å². The zero-order chi connectivity index (χ0) is 23.6. The highest BCUT2D eigenvalue weighted by Gasteiger charge is 2.21. The van der Waals surface area contributed by atoms with Crippen molar-refractivity contribution in [1.82, 2.24) is 14.8 Å². The fourth-order valence-corrected chi connectivity index (χ4v) is 3.95. The van der Waals surface area contributed by atoms with E-state index >= 15 is 0 Å². The molecule has 0 aliphatic carbocycles. The quantitative estimate of drug-likeness (QED) is 0.550. The molecule has 3 rings (SSSR count). The molecular formula is C22H28N4O6S. The minimum Gasteiger partial charge on any atom is -0.497 e. The Morgan fingerprint density at radius 3 is 2.58 bits per heavy atom. The summed E-state index contributed by atoms with van der Waals surface area (Å²) in [6.07, 6.45) is 0.169. The Labute approximate surface area is 196 Å². The molecule has 0 spiro atoms. The standard InChI is InChI=1S/C22H28N4O6S/c1-30-10-7-26(21(29)16-3-5-18(31-2)6-4-16)14-19(27)24-22-23-17(15-33-22)13-20(28)25-8-11-32-12-9-25/h3-6,15H,7-14H2,1-2H3,(H,23,24,27). The lowest BCUT2D eigenvalue weighted by atomic mass is 10.2. The maximum Gasteiger partial charge on any atom is 0.254 e. The van der Waals surface area contributed by atoms with Gasteiger partial charge in [0.2, 0.25) is 11.8 Å². The Balaban J connectivity index is 1.57. The number of benzene rings is 1. The first-order valence-corrected chi connectivity index (χ1v) is 11.4. The van der Waals surface area contributed by atoms with E-state index in [1.54, 1.807) is 41.7 Å². The van der Waals surface area contributed by atoms with Crippen LogP contribution in [-0.2, 0) is 25.5 Å². The molecule has 1 aromatic heterocycles. The molecular weight excluding hydrogens is 448 g/mol. The summed E-state index contributed by atoms with van der Waals surface area (Å²) in [6.45, 7) is 2.62. The van der Waals surface area contributed by atoms with Gasteiger partial charge in [-0.15, -0.1) is 11.3 Å². The van der Waals surface area contributed by atoms with Gasteiger partial charge >= 0.3 is 0 Å². The summed E-state index contributed by atoms with van der Waals surface area (Å²) in [5.74, 6) is -0.0501. The van der Waals surface area contributed by atoms with Crippen molar-refractivity contribution in [3.8, 4) is 5.75 Å². The van der Waals surface area contributed by atoms with Crippen molar-refractivity contribution >= 4 is 34.2 Å². The van der Waals surface area contributed by atoms with Gasteiger partial charge < -0.3 is 29.3 Å². The zero-order valence-electron chi connectivity index (χ0n) is 18.7. The molecule has 0 radical (unpaired) electrons. The number of aromatic nitrogens is 1. The van der Waals surface area contributed by atoms with Crippen molar-refractivity contribution in [2.24, 2.45) is 0 Å². The smallest absolute Gasteiger partial charge is 0.254 e. The van der Waals surface area contributed by atoms with Crippen LogP contribution in [-0.4, -0.2) is 92.7 Å². The molecule has 33 heavy (non-hydrogen) atoms. The number of amides is 3. The van der Waals surface area contributed by atoms with Crippen LogP contribution >= 0.6 is 11.3 Å². The van der Waals surface area contributed by atoms with Gasteiger partial charge in [0, 0.05) is 37.7 Å². The number of morpholine rings is 1. The van der Waals surface area contributed by atoms with Crippen molar-refractivity contribution < 1.29 is 28.6 Å². The van der Waals surface area contributed by atoms with Gasteiger partial charge in [-0.05, 0) is 24.3 Å². The first-order valence-electron chi connectivity index (χ1n) is 10.5. The summed E-state index contributed by atoms with van der Waals surface area (Å²) in [6, 6.07) is 6.68. The Morgan fingerprint density at radius 1 is 1.18 bits per heavy atom. The molecule has 1 aromatic carbocycles. The van der Waals surface area contributed by atoms with Crippen LogP contribution in [0.5, 0.6) is 5.75 Å². The van der Waals surface area contributed by atoms with Gasteiger partial charge in [-0.3, -0.25) is 14.4 Å². The highest BCUT2D eigenvalue weighted by molar-refractivity contribution is 7.13. The lowest BCUT2D eigenvalue weighted by Crippen LogP contribution is -2.41. The number of rotatable bonds is 10. The first-order chi connectivity index (χ1) is 16.0. The predicted octanol–water partition coefficient (Wildman–Crippen LogP) is 1.28. The highest BCUT2D eigenvalue weighted by atomic mass is 32.1.